The van der Waals surface area contributed by atoms with Crippen LogP contribution >= 0.6 is 15.9 Å². The lowest BCUT2D eigenvalue weighted by Gasteiger charge is -2.11. The molecule has 0 saturated carbocycles. The highest BCUT2D eigenvalue weighted by atomic mass is 79.9. The predicted molar refractivity (Wildman–Crippen MR) is 71.8 cm³/mol. The fourth-order valence-corrected chi connectivity index (χ4v) is 2.32. The van der Waals surface area contributed by atoms with Gasteiger partial charge in [-0.1, -0.05) is 0 Å². The molecule has 1 aromatic heterocycles. The van der Waals surface area contributed by atoms with Crippen molar-refractivity contribution >= 4 is 32.8 Å². The van der Waals surface area contributed by atoms with E-state index in [1.807, 2.05) is 0 Å². The summed E-state index contributed by atoms with van der Waals surface area (Å²) in [5.74, 6) is -0.188. The third-order valence-electron chi connectivity index (χ3n) is 2.56. The summed E-state index contributed by atoms with van der Waals surface area (Å²) in [4.78, 5) is 22.8. The smallest absolute Gasteiger partial charge is 0.349 e. The Morgan fingerprint density at radius 3 is 2.42 bits per heavy atom. The minimum Gasteiger partial charge on any atom is -0.492 e. The SMILES string of the molecule is COc1c(Br)cc2cc(C(N)=O)c(=O)oc2c1OC. The molecule has 2 aromatic rings. The van der Waals surface area contributed by atoms with Crippen molar-refractivity contribution in [3.8, 4) is 11.5 Å². The average Bonchev–Trinajstić information content (AvgIpc) is 2.36. The Bertz CT molecular complexity index is 722. The number of hydrogen-bond acceptors (Lipinski definition) is 5. The van der Waals surface area contributed by atoms with Gasteiger partial charge in [-0.25, -0.2) is 4.79 Å². The zero-order valence-corrected chi connectivity index (χ0v) is 11.7. The predicted octanol–water partition coefficient (Wildman–Crippen LogP) is 1.67. The molecule has 0 fully saturated rings. The van der Waals surface area contributed by atoms with E-state index in [1.165, 1.54) is 20.3 Å². The maximum Gasteiger partial charge on any atom is 0.349 e. The number of benzene rings is 1. The molecule has 0 aliphatic rings. The monoisotopic (exact) mass is 327 g/mol. The summed E-state index contributed by atoms with van der Waals surface area (Å²) >= 11 is 3.31. The second-order valence-corrected chi connectivity index (χ2v) is 4.51. The van der Waals surface area contributed by atoms with E-state index in [0.29, 0.717) is 15.6 Å². The van der Waals surface area contributed by atoms with Crippen molar-refractivity contribution in [2.45, 2.75) is 0 Å². The van der Waals surface area contributed by atoms with Crippen LogP contribution in [0.3, 0.4) is 0 Å². The van der Waals surface area contributed by atoms with Crippen LogP contribution < -0.4 is 20.8 Å². The Hall–Kier alpha value is -2.02. The number of carbonyl (C=O) groups excluding carboxylic acids is 1. The highest BCUT2D eigenvalue weighted by molar-refractivity contribution is 9.10. The van der Waals surface area contributed by atoms with Gasteiger partial charge in [0.05, 0.1) is 18.7 Å². The van der Waals surface area contributed by atoms with E-state index < -0.39 is 11.5 Å². The molecule has 2 rings (SSSR count). The van der Waals surface area contributed by atoms with Crippen molar-refractivity contribution < 1.29 is 18.7 Å². The fourth-order valence-electron chi connectivity index (χ4n) is 1.73. The molecule has 1 amide bonds. The number of hydrogen-bond donors (Lipinski definition) is 1. The van der Waals surface area contributed by atoms with E-state index in [9.17, 15) is 9.59 Å². The Morgan fingerprint density at radius 1 is 1.26 bits per heavy atom. The Kier molecular flexibility index (Phi) is 3.48. The molecule has 0 bridgehead atoms. The van der Waals surface area contributed by atoms with Gasteiger partial charge in [0, 0.05) is 5.39 Å². The molecule has 2 N–H and O–H groups in total. The third kappa shape index (κ3) is 2.17. The van der Waals surface area contributed by atoms with E-state index in [0.717, 1.165) is 0 Å². The van der Waals surface area contributed by atoms with Gasteiger partial charge in [0.2, 0.25) is 5.75 Å². The lowest BCUT2D eigenvalue weighted by atomic mass is 10.1. The molecule has 0 aliphatic carbocycles. The summed E-state index contributed by atoms with van der Waals surface area (Å²) < 4.78 is 16.0. The van der Waals surface area contributed by atoms with E-state index in [-0.39, 0.29) is 16.9 Å². The Morgan fingerprint density at radius 2 is 1.89 bits per heavy atom. The second kappa shape index (κ2) is 4.93. The molecule has 6 nitrogen and oxygen atoms in total. The van der Waals surface area contributed by atoms with Crippen molar-refractivity contribution in [1.82, 2.24) is 0 Å². The van der Waals surface area contributed by atoms with E-state index in [2.05, 4.69) is 15.9 Å². The summed E-state index contributed by atoms with van der Waals surface area (Å²) in [6, 6.07) is 3.00. The highest BCUT2D eigenvalue weighted by Crippen LogP contribution is 2.41. The van der Waals surface area contributed by atoms with Crippen molar-refractivity contribution in [2.75, 3.05) is 14.2 Å². The lowest BCUT2D eigenvalue weighted by molar-refractivity contribution is 0.0997. The fraction of sp³-hybridized carbons (Fsp3) is 0.167. The normalized spacial score (nSPS) is 10.5. The van der Waals surface area contributed by atoms with Crippen molar-refractivity contribution in [3.63, 3.8) is 0 Å². The first-order valence-corrected chi connectivity index (χ1v) is 5.97. The highest BCUT2D eigenvalue weighted by Gasteiger charge is 2.19. The molecule has 0 aliphatic heterocycles. The van der Waals surface area contributed by atoms with Crippen LogP contribution in [0.25, 0.3) is 11.0 Å². The van der Waals surface area contributed by atoms with Gasteiger partial charge in [-0.2, -0.15) is 0 Å². The van der Waals surface area contributed by atoms with Crippen LogP contribution in [0, 0.1) is 0 Å². The zero-order chi connectivity index (χ0) is 14.2. The zero-order valence-electron chi connectivity index (χ0n) is 10.2. The molecule has 7 heteroatoms. The van der Waals surface area contributed by atoms with Crippen molar-refractivity contribution in [2.24, 2.45) is 5.73 Å². The average molecular weight is 328 g/mol. The number of rotatable bonds is 3. The number of amides is 1. The van der Waals surface area contributed by atoms with E-state index in [4.69, 9.17) is 19.6 Å². The van der Waals surface area contributed by atoms with Gasteiger partial charge in [-0.15, -0.1) is 0 Å². The first-order valence-electron chi connectivity index (χ1n) is 5.17. The number of carbonyl (C=O) groups is 1. The molecule has 0 spiro atoms. The van der Waals surface area contributed by atoms with Crippen LogP contribution in [0.5, 0.6) is 11.5 Å². The van der Waals surface area contributed by atoms with E-state index >= 15 is 0 Å². The second-order valence-electron chi connectivity index (χ2n) is 3.66. The van der Waals surface area contributed by atoms with Gasteiger partial charge >= 0.3 is 5.63 Å². The van der Waals surface area contributed by atoms with Crippen molar-refractivity contribution in [3.05, 3.63) is 32.6 Å². The number of fused-ring (bicyclic) bond motifs is 1. The quantitative estimate of drug-likeness (QED) is 0.866. The molecule has 0 saturated heterocycles. The van der Waals surface area contributed by atoms with Gasteiger partial charge in [0.15, 0.2) is 11.3 Å². The number of ether oxygens (including phenoxy) is 2. The molecule has 0 atom stereocenters. The molecule has 19 heavy (non-hydrogen) atoms. The Labute approximate surface area is 116 Å². The third-order valence-corrected chi connectivity index (χ3v) is 3.15. The number of methoxy groups -OCH3 is 2. The molecular weight excluding hydrogens is 318 g/mol. The van der Waals surface area contributed by atoms with E-state index in [1.54, 1.807) is 6.07 Å². The largest absolute Gasteiger partial charge is 0.492 e. The minimum absolute atomic E-state index is 0.192. The van der Waals surface area contributed by atoms with Crippen LogP contribution in [0.4, 0.5) is 0 Å². The topological polar surface area (TPSA) is 91.8 Å². The summed E-state index contributed by atoms with van der Waals surface area (Å²) in [6.07, 6.45) is 0. The van der Waals surface area contributed by atoms with Crippen molar-refractivity contribution in [1.29, 1.82) is 0 Å². The standard InChI is InChI=1S/C12H10BrNO5/c1-17-9-7(13)4-5-3-6(11(14)15)12(16)19-8(5)10(9)18-2/h3-4H,1-2H3,(H2,14,15). The number of halogens is 1. The first kappa shape index (κ1) is 13.4. The lowest BCUT2D eigenvalue weighted by Crippen LogP contribution is -2.20. The van der Waals surface area contributed by atoms with Gasteiger partial charge in [-0.05, 0) is 28.1 Å². The first-order chi connectivity index (χ1) is 8.99. The van der Waals surface area contributed by atoms with Crippen LogP contribution in [0.15, 0.2) is 25.8 Å². The molecule has 0 unspecified atom stereocenters. The summed E-state index contributed by atoms with van der Waals surface area (Å²) in [7, 11) is 2.88. The molecule has 0 radical (unpaired) electrons. The summed E-state index contributed by atoms with van der Waals surface area (Å²) in [5.41, 5.74) is 4.26. The Balaban J connectivity index is 2.91. The summed E-state index contributed by atoms with van der Waals surface area (Å²) in [6.45, 7) is 0. The minimum atomic E-state index is -0.846. The maximum atomic E-state index is 11.7. The van der Waals surface area contributed by atoms with Gasteiger partial charge < -0.3 is 19.6 Å². The van der Waals surface area contributed by atoms with Gasteiger partial charge in [0.1, 0.15) is 5.56 Å². The van der Waals surface area contributed by atoms with Crippen LogP contribution in [-0.4, -0.2) is 20.1 Å². The van der Waals surface area contributed by atoms with Gasteiger partial charge in [-0.3, -0.25) is 4.79 Å². The maximum absolute atomic E-state index is 11.7. The summed E-state index contributed by atoms with van der Waals surface area (Å²) in [5, 5.41) is 0.498. The van der Waals surface area contributed by atoms with Crippen LogP contribution in [-0.2, 0) is 0 Å². The molecule has 100 valence electrons. The number of primary amides is 1. The number of nitrogens with two attached hydrogens (primary N) is 1. The van der Waals surface area contributed by atoms with Crippen LogP contribution in [0.1, 0.15) is 10.4 Å². The van der Waals surface area contributed by atoms with Crippen LogP contribution in [0.2, 0.25) is 0 Å². The molecule has 1 heterocycles. The van der Waals surface area contributed by atoms with Gasteiger partial charge in [0.25, 0.3) is 5.91 Å². The molecule has 1 aromatic carbocycles. The molecular formula is C12H10BrNO5.